The van der Waals surface area contributed by atoms with Crippen LogP contribution in [0, 0.1) is 13.8 Å². The van der Waals surface area contributed by atoms with Gasteiger partial charge in [0, 0.05) is 6.54 Å². The molecule has 0 bridgehead atoms. The molecule has 1 amide bonds. The summed E-state index contributed by atoms with van der Waals surface area (Å²) in [6.45, 7) is 5.68. The first-order chi connectivity index (χ1) is 13.7. The number of amides is 1. The lowest BCUT2D eigenvalue weighted by molar-refractivity contribution is -0.122. The Labute approximate surface area is 172 Å². The van der Waals surface area contributed by atoms with Crippen LogP contribution < -0.4 is 9.62 Å². The molecule has 0 aromatic heterocycles. The summed E-state index contributed by atoms with van der Waals surface area (Å²) >= 11 is 0. The number of carbonyl (C=O) groups excluding carboxylic acids is 1. The van der Waals surface area contributed by atoms with E-state index in [4.69, 9.17) is 0 Å². The van der Waals surface area contributed by atoms with Gasteiger partial charge in [-0.15, -0.1) is 0 Å². The Kier molecular flexibility index (Phi) is 5.94. The predicted octanol–water partition coefficient (Wildman–Crippen LogP) is 3.93. The molecule has 0 spiro atoms. The Morgan fingerprint density at radius 1 is 1.03 bits per heavy atom. The van der Waals surface area contributed by atoms with Gasteiger partial charge in [0.1, 0.15) is 6.04 Å². The summed E-state index contributed by atoms with van der Waals surface area (Å²) in [7, 11) is -3.65. The fourth-order valence-electron chi connectivity index (χ4n) is 3.51. The highest BCUT2D eigenvalue weighted by Gasteiger charge is 2.30. The number of carbonyl (C=O) groups is 1. The highest BCUT2D eigenvalue weighted by molar-refractivity contribution is 7.92. The van der Waals surface area contributed by atoms with Gasteiger partial charge in [0.05, 0.1) is 11.9 Å². The summed E-state index contributed by atoms with van der Waals surface area (Å²) in [4.78, 5) is 12.9. The van der Waals surface area contributed by atoms with Crippen molar-refractivity contribution in [2.24, 2.45) is 0 Å². The average molecular weight is 411 g/mol. The van der Waals surface area contributed by atoms with Crippen molar-refractivity contribution in [1.29, 1.82) is 0 Å². The monoisotopic (exact) mass is 410 g/mol. The van der Waals surface area contributed by atoms with Crippen molar-refractivity contribution in [1.82, 2.24) is 5.32 Å². The largest absolute Gasteiger partial charge is 0.350 e. The fourth-order valence-corrected chi connectivity index (χ4v) is 4.74. The third-order valence-electron chi connectivity index (χ3n) is 5.02. The van der Waals surface area contributed by atoms with Crippen LogP contribution in [-0.4, -0.2) is 26.6 Å². The lowest BCUT2D eigenvalue weighted by atomic mass is 10.0. The second-order valence-electron chi connectivity index (χ2n) is 7.38. The van der Waals surface area contributed by atoms with Crippen molar-refractivity contribution in [3.63, 3.8) is 0 Å². The lowest BCUT2D eigenvalue weighted by Crippen LogP contribution is -2.48. The summed E-state index contributed by atoms with van der Waals surface area (Å²) in [6, 6.07) is 18.6. The Morgan fingerprint density at radius 2 is 1.72 bits per heavy atom. The predicted molar refractivity (Wildman–Crippen MR) is 118 cm³/mol. The number of hydrogen-bond donors (Lipinski definition) is 1. The van der Waals surface area contributed by atoms with Gasteiger partial charge in [0.2, 0.25) is 15.9 Å². The molecule has 0 heterocycles. The van der Waals surface area contributed by atoms with E-state index in [-0.39, 0.29) is 5.91 Å². The van der Waals surface area contributed by atoms with E-state index in [1.807, 2.05) is 68.4 Å². The second kappa shape index (κ2) is 8.25. The Hall–Kier alpha value is -2.86. The Bertz CT molecular complexity index is 1150. The molecule has 5 nitrogen and oxygen atoms in total. The summed E-state index contributed by atoms with van der Waals surface area (Å²) in [5, 5.41) is 5.07. The van der Waals surface area contributed by atoms with Gasteiger partial charge in [-0.05, 0) is 54.3 Å². The molecule has 152 valence electrons. The zero-order valence-electron chi connectivity index (χ0n) is 17.1. The maximum Gasteiger partial charge on any atom is 0.243 e. The van der Waals surface area contributed by atoms with Gasteiger partial charge in [-0.1, -0.05) is 54.6 Å². The van der Waals surface area contributed by atoms with E-state index < -0.39 is 16.1 Å². The molecule has 0 aliphatic rings. The third kappa shape index (κ3) is 4.59. The van der Waals surface area contributed by atoms with Gasteiger partial charge >= 0.3 is 0 Å². The fraction of sp³-hybridized carbons (Fsp3) is 0.261. The van der Waals surface area contributed by atoms with E-state index in [9.17, 15) is 13.2 Å². The van der Waals surface area contributed by atoms with Crippen LogP contribution in [-0.2, 0) is 21.4 Å². The minimum absolute atomic E-state index is 0.328. The van der Waals surface area contributed by atoms with E-state index in [0.29, 0.717) is 12.2 Å². The van der Waals surface area contributed by atoms with Crippen LogP contribution in [0.2, 0.25) is 0 Å². The number of anilines is 1. The number of sulfonamides is 1. The maximum atomic E-state index is 12.9. The smallest absolute Gasteiger partial charge is 0.243 e. The van der Waals surface area contributed by atoms with Crippen molar-refractivity contribution < 1.29 is 13.2 Å². The van der Waals surface area contributed by atoms with Crippen LogP contribution in [0.5, 0.6) is 0 Å². The highest BCUT2D eigenvalue weighted by atomic mass is 32.2. The van der Waals surface area contributed by atoms with Crippen LogP contribution in [0.25, 0.3) is 10.8 Å². The lowest BCUT2D eigenvalue weighted by Gasteiger charge is -2.29. The van der Waals surface area contributed by atoms with Gasteiger partial charge in [-0.3, -0.25) is 9.10 Å². The van der Waals surface area contributed by atoms with E-state index >= 15 is 0 Å². The van der Waals surface area contributed by atoms with Gasteiger partial charge in [0.25, 0.3) is 0 Å². The van der Waals surface area contributed by atoms with E-state index in [0.717, 1.165) is 33.7 Å². The molecule has 29 heavy (non-hydrogen) atoms. The van der Waals surface area contributed by atoms with Crippen molar-refractivity contribution in [3.05, 3.63) is 77.4 Å². The first-order valence-corrected chi connectivity index (χ1v) is 11.3. The molecule has 0 unspecified atom stereocenters. The summed E-state index contributed by atoms with van der Waals surface area (Å²) < 4.78 is 26.3. The average Bonchev–Trinajstić information content (AvgIpc) is 2.67. The topological polar surface area (TPSA) is 66.5 Å². The SMILES string of the molecule is Cc1ccc(C)c(N([C@H](C)C(=O)NCc2cccc3ccccc23)S(C)(=O)=O)c1. The van der Waals surface area contributed by atoms with E-state index in [1.54, 1.807) is 13.0 Å². The molecule has 0 saturated heterocycles. The van der Waals surface area contributed by atoms with Gasteiger partial charge in [-0.2, -0.15) is 0 Å². The molecular weight excluding hydrogens is 384 g/mol. The molecule has 3 aromatic carbocycles. The molecule has 3 aromatic rings. The Balaban J connectivity index is 1.85. The van der Waals surface area contributed by atoms with Crippen LogP contribution in [0.15, 0.2) is 60.7 Å². The van der Waals surface area contributed by atoms with Crippen molar-refractivity contribution in [2.45, 2.75) is 33.4 Å². The summed E-state index contributed by atoms with van der Waals surface area (Å²) in [5.74, 6) is -0.343. The molecular formula is C23H26N2O3S. The van der Waals surface area contributed by atoms with Crippen LogP contribution >= 0.6 is 0 Å². The summed E-state index contributed by atoms with van der Waals surface area (Å²) in [5.41, 5.74) is 3.25. The van der Waals surface area contributed by atoms with Crippen LogP contribution in [0.1, 0.15) is 23.6 Å². The van der Waals surface area contributed by atoms with E-state index in [2.05, 4.69) is 5.32 Å². The molecule has 3 rings (SSSR count). The molecule has 0 saturated carbocycles. The van der Waals surface area contributed by atoms with Crippen molar-refractivity contribution in [3.8, 4) is 0 Å². The maximum absolute atomic E-state index is 12.9. The molecule has 0 aliphatic heterocycles. The number of rotatable bonds is 6. The van der Waals surface area contributed by atoms with Crippen molar-refractivity contribution >= 4 is 32.4 Å². The molecule has 0 aliphatic carbocycles. The summed E-state index contributed by atoms with van der Waals surface area (Å²) in [6.07, 6.45) is 1.13. The van der Waals surface area contributed by atoms with E-state index in [1.165, 1.54) is 4.31 Å². The molecule has 1 N–H and O–H groups in total. The second-order valence-corrected chi connectivity index (χ2v) is 9.24. The number of benzene rings is 3. The van der Waals surface area contributed by atoms with Crippen LogP contribution in [0.3, 0.4) is 0 Å². The van der Waals surface area contributed by atoms with Crippen LogP contribution in [0.4, 0.5) is 5.69 Å². The molecule has 1 atom stereocenters. The first-order valence-electron chi connectivity index (χ1n) is 9.49. The minimum Gasteiger partial charge on any atom is -0.350 e. The molecule has 6 heteroatoms. The Morgan fingerprint density at radius 3 is 2.45 bits per heavy atom. The number of fused-ring (bicyclic) bond motifs is 1. The van der Waals surface area contributed by atoms with Gasteiger partial charge in [0.15, 0.2) is 0 Å². The quantitative estimate of drug-likeness (QED) is 0.670. The standard InChI is InChI=1S/C23H26N2O3S/c1-16-12-13-17(2)22(14-16)25(29(4,27)28)18(3)23(26)24-15-20-10-7-9-19-8-5-6-11-21(19)20/h5-14,18H,15H2,1-4H3,(H,24,26)/t18-/m1/s1. The molecule has 0 fully saturated rings. The normalized spacial score (nSPS) is 12.6. The highest BCUT2D eigenvalue weighted by Crippen LogP contribution is 2.26. The number of hydrogen-bond acceptors (Lipinski definition) is 3. The van der Waals surface area contributed by atoms with Gasteiger partial charge in [-0.25, -0.2) is 8.42 Å². The molecule has 0 radical (unpaired) electrons. The number of aryl methyl sites for hydroxylation is 2. The van der Waals surface area contributed by atoms with Gasteiger partial charge < -0.3 is 5.32 Å². The number of nitrogens with one attached hydrogen (secondary N) is 1. The zero-order chi connectivity index (χ0) is 21.2. The third-order valence-corrected chi connectivity index (χ3v) is 6.25. The first kappa shape index (κ1) is 20.9. The number of nitrogens with zero attached hydrogens (tertiary/aromatic N) is 1. The zero-order valence-corrected chi connectivity index (χ0v) is 18.0. The van der Waals surface area contributed by atoms with Crippen molar-refractivity contribution in [2.75, 3.05) is 10.6 Å². The minimum atomic E-state index is -3.65.